The number of para-hydroxylation sites is 1. The van der Waals surface area contributed by atoms with Crippen molar-refractivity contribution in [2.24, 2.45) is 0 Å². The molecule has 0 aliphatic carbocycles. The summed E-state index contributed by atoms with van der Waals surface area (Å²) in [4.78, 5) is 14.2. The first-order valence-electron chi connectivity index (χ1n) is 7.13. The monoisotopic (exact) mass is 361 g/mol. The van der Waals surface area contributed by atoms with Crippen molar-refractivity contribution in [1.82, 2.24) is 4.90 Å². The Bertz CT molecular complexity index is 651. The zero-order valence-corrected chi connectivity index (χ0v) is 13.6. The van der Waals surface area contributed by atoms with Gasteiger partial charge in [-0.1, -0.05) is 12.1 Å². The lowest BCUT2D eigenvalue weighted by Crippen LogP contribution is -2.40. The second-order valence-corrected chi connectivity index (χ2v) is 5.82. The smallest absolute Gasteiger partial charge is 0.254 e. The van der Waals surface area contributed by atoms with Gasteiger partial charge in [0.1, 0.15) is 11.5 Å². The molecule has 22 heavy (non-hydrogen) atoms. The third-order valence-corrected chi connectivity index (χ3v) is 4.12. The molecule has 0 N–H and O–H groups in total. The average molecular weight is 362 g/mol. The minimum absolute atomic E-state index is 0.0377. The predicted octanol–water partition coefficient (Wildman–Crippen LogP) is 3.71. The fraction of sp³-hybridized carbons (Fsp3) is 0.235. The Hall–Kier alpha value is -1.85. The third-order valence-electron chi connectivity index (χ3n) is 3.46. The molecule has 1 aliphatic rings. The van der Waals surface area contributed by atoms with Crippen LogP contribution in [0.2, 0.25) is 0 Å². The first kappa shape index (κ1) is 15.1. The van der Waals surface area contributed by atoms with Gasteiger partial charge in [-0.05, 0) is 52.3 Å². The number of carbonyl (C=O) groups excluding carboxylic acids is 1. The molecule has 0 atom stereocenters. The van der Waals surface area contributed by atoms with E-state index in [2.05, 4.69) is 15.9 Å². The van der Waals surface area contributed by atoms with Gasteiger partial charge in [0, 0.05) is 18.7 Å². The summed E-state index contributed by atoms with van der Waals surface area (Å²) in [6, 6.07) is 14.9. The summed E-state index contributed by atoms with van der Waals surface area (Å²) >= 11 is 3.45. The first-order valence-corrected chi connectivity index (χ1v) is 7.93. The van der Waals surface area contributed by atoms with Crippen molar-refractivity contribution in [2.45, 2.75) is 0 Å². The number of morpholine rings is 1. The van der Waals surface area contributed by atoms with Crippen LogP contribution in [0, 0.1) is 0 Å². The van der Waals surface area contributed by atoms with E-state index in [4.69, 9.17) is 9.47 Å². The Morgan fingerprint density at radius 3 is 2.41 bits per heavy atom. The predicted molar refractivity (Wildman–Crippen MR) is 87.4 cm³/mol. The summed E-state index contributed by atoms with van der Waals surface area (Å²) in [6.45, 7) is 2.51. The highest BCUT2D eigenvalue weighted by Crippen LogP contribution is 2.29. The van der Waals surface area contributed by atoms with Crippen molar-refractivity contribution in [3.8, 4) is 11.5 Å². The highest BCUT2D eigenvalue weighted by Gasteiger charge is 2.18. The van der Waals surface area contributed by atoms with Crippen LogP contribution in [0.3, 0.4) is 0 Å². The average Bonchev–Trinajstić information content (AvgIpc) is 2.58. The molecule has 5 heteroatoms. The lowest BCUT2D eigenvalue weighted by atomic mass is 10.2. The molecular weight excluding hydrogens is 346 g/mol. The molecule has 2 aromatic rings. The van der Waals surface area contributed by atoms with Gasteiger partial charge < -0.3 is 14.4 Å². The molecule has 0 spiro atoms. The van der Waals surface area contributed by atoms with Gasteiger partial charge in [0.25, 0.3) is 5.91 Å². The van der Waals surface area contributed by atoms with E-state index in [1.165, 1.54) is 0 Å². The Morgan fingerprint density at radius 2 is 1.73 bits per heavy atom. The normalized spacial score (nSPS) is 14.7. The van der Waals surface area contributed by atoms with Crippen molar-refractivity contribution in [1.29, 1.82) is 0 Å². The van der Waals surface area contributed by atoms with Crippen LogP contribution < -0.4 is 4.74 Å². The molecule has 0 radical (unpaired) electrons. The molecule has 0 bridgehead atoms. The van der Waals surface area contributed by atoms with Crippen molar-refractivity contribution in [3.63, 3.8) is 0 Å². The van der Waals surface area contributed by atoms with E-state index in [0.29, 0.717) is 37.6 Å². The van der Waals surface area contributed by atoms with E-state index in [0.717, 1.165) is 10.2 Å². The molecule has 0 unspecified atom stereocenters. The highest BCUT2D eigenvalue weighted by atomic mass is 79.9. The zero-order valence-electron chi connectivity index (χ0n) is 12.0. The molecule has 1 saturated heterocycles. The number of halogens is 1. The summed E-state index contributed by atoms with van der Waals surface area (Å²) in [5, 5.41) is 0. The van der Waals surface area contributed by atoms with Crippen LogP contribution in [0.25, 0.3) is 0 Å². The Kier molecular flexibility index (Phi) is 4.75. The maximum atomic E-state index is 12.3. The van der Waals surface area contributed by atoms with E-state index in [9.17, 15) is 4.79 Å². The van der Waals surface area contributed by atoms with Crippen molar-refractivity contribution in [2.75, 3.05) is 26.3 Å². The molecule has 1 amide bonds. The van der Waals surface area contributed by atoms with Gasteiger partial charge in [0.2, 0.25) is 0 Å². The lowest BCUT2D eigenvalue weighted by Gasteiger charge is -2.26. The summed E-state index contributed by atoms with van der Waals surface area (Å²) in [5.74, 6) is 1.48. The molecule has 0 aromatic heterocycles. The van der Waals surface area contributed by atoms with E-state index in [1.807, 2.05) is 41.3 Å². The number of benzene rings is 2. The summed E-state index contributed by atoms with van der Waals surface area (Å²) in [6.07, 6.45) is 0. The molecule has 1 aliphatic heterocycles. The van der Waals surface area contributed by atoms with Gasteiger partial charge in [-0.25, -0.2) is 0 Å². The topological polar surface area (TPSA) is 38.8 Å². The molecule has 1 fully saturated rings. The molecule has 2 aromatic carbocycles. The van der Waals surface area contributed by atoms with Crippen LogP contribution in [0.15, 0.2) is 53.0 Å². The van der Waals surface area contributed by atoms with Gasteiger partial charge in [-0.15, -0.1) is 0 Å². The Balaban J connectivity index is 1.70. The van der Waals surface area contributed by atoms with Crippen LogP contribution in [0.1, 0.15) is 10.4 Å². The minimum Gasteiger partial charge on any atom is -0.456 e. The Labute approximate surface area is 137 Å². The molecule has 0 saturated carbocycles. The van der Waals surface area contributed by atoms with Crippen LogP contribution in [0.4, 0.5) is 0 Å². The van der Waals surface area contributed by atoms with Gasteiger partial charge in [0.15, 0.2) is 0 Å². The van der Waals surface area contributed by atoms with Gasteiger partial charge in [0.05, 0.1) is 17.7 Å². The molecular formula is C17H16BrNO3. The molecule has 1 heterocycles. The number of amides is 1. The standard InChI is InChI=1S/C17H16BrNO3/c18-15-3-1-2-4-16(15)22-14-7-5-13(6-8-14)17(20)19-9-11-21-12-10-19/h1-8H,9-12H2. The fourth-order valence-corrected chi connectivity index (χ4v) is 2.63. The quantitative estimate of drug-likeness (QED) is 0.836. The zero-order chi connectivity index (χ0) is 15.4. The molecule has 4 nitrogen and oxygen atoms in total. The second-order valence-electron chi connectivity index (χ2n) is 4.96. The SMILES string of the molecule is O=C(c1ccc(Oc2ccccc2Br)cc1)N1CCOCC1. The highest BCUT2D eigenvalue weighted by molar-refractivity contribution is 9.10. The van der Waals surface area contributed by atoms with Crippen LogP contribution >= 0.6 is 15.9 Å². The minimum atomic E-state index is 0.0377. The van der Waals surface area contributed by atoms with Gasteiger partial charge in [-0.3, -0.25) is 4.79 Å². The first-order chi connectivity index (χ1) is 10.7. The molecule has 114 valence electrons. The number of carbonyl (C=O) groups is 1. The largest absolute Gasteiger partial charge is 0.456 e. The summed E-state index contributed by atoms with van der Waals surface area (Å²) < 4.78 is 12.0. The van der Waals surface area contributed by atoms with Gasteiger partial charge >= 0.3 is 0 Å². The van der Waals surface area contributed by atoms with E-state index >= 15 is 0 Å². The van der Waals surface area contributed by atoms with E-state index in [1.54, 1.807) is 12.1 Å². The van der Waals surface area contributed by atoms with Gasteiger partial charge in [-0.2, -0.15) is 0 Å². The number of hydrogen-bond acceptors (Lipinski definition) is 3. The fourth-order valence-electron chi connectivity index (χ4n) is 2.27. The second kappa shape index (κ2) is 6.94. The molecule has 3 rings (SSSR count). The van der Waals surface area contributed by atoms with Crippen LogP contribution in [-0.4, -0.2) is 37.1 Å². The van der Waals surface area contributed by atoms with E-state index < -0.39 is 0 Å². The number of hydrogen-bond donors (Lipinski definition) is 0. The van der Waals surface area contributed by atoms with Crippen LogP contribution in [-0.2, 0) is 4.74 Å². The lowest BCUT2D eigenvalue weighted by molar-refractivity contribution is 0.0303. The number of nitrogens with zero attached hydrogens (tertiary/aromatic N) is 1. The van der Waals surface area contributed by atoms with E-state index in [-0.39, 0.29) is 5.91 Å². The van der Waals surface area contributed by atoms with Crippen molar-refractivity contribution < 1.29 is 14.3 Å². The number of ether oxygens (including phenoxy) is 2. The maximum absolute atomic E-state index is 12.3. The van der Waals surface area contributed by atoms with Crippen molar-refractivity contribution in [3.05, 3.63) is 58.6 Å². The summed E-state index contributed by atoms with van der Waals surface area (Å²) in [7, 11) is 0. The van der Waals surface area contributed by atoms with Crippen molar-refractivity contribution >= 4 is 21.8 Å². The Morgan fingerprint density at radius 1 is 1.05 bits per heavy atom. The third kappa shape index (κ3) is 3.48. The van der Waals surface area contributed by atoms with Crippen LogP contribution in [0.5, 0.6) is 11.5 Å². The number of rotatable bonds is 3. The maximum Gasteiger partial charge on any atom is 0.254 e. The summed E-state index contributed by atoms with van der Waals surface area (Å²) in [5.41, 5.74) is 0.668.